The minimum absolute atomic E-state index is 0.0714. The van der Waals surface area contributed by atoms with E-state index < -0.39 is 10.0 Å². The van der Waals surface area contributed by atoms with E-state index in [1.807, 2.05) is 13.8 Å². The molecule has 1 aliphatic rings. The molecule has 0 aliphatic carbocycles. The number of piperazine rings is 1. The molecule has 0 N–H and O–H groups in total. The maximum Gasteiger partial charge on any atom is 0.244 e. The molecule has 1 aromatic heterocycles. The SMILES string of the molecule is Cc1cc(S(=O)(=O)N2CCN(C(=O)CCc3ccccc3F)CC2)c(C)s1. The molecule has 0 radical (unpaired) electrons. The van der Waals surface area contributed by atoms with E-state index >= 15 is 0 Å². The maximum absolute atomic E-state index is 13.7. The molecule has 1 aromatic carbocycles. The Bertz CT molecular complexity index is 932. The molecule has 2 heterocycles. The number of sulfonamides is 1. The van der Waals surface area contributed by atoms with Gasteiger partial charge in [-0.1, -0.05) is 18.2 Å². The van der Waals surface area contributed by atoms with Crippen molar-refractivity contribution >= 4 is 27.3 Å². The zero-order chi connectivity index (χ0) is 19.6. The van der Waals surface area contributed by atoms with Gasteiger partial charge in [0.1, 0.15) is 5.82 Å². The lowest BCUT2D eigenvalue weighted by molar-refractivity contribution is -0.132. The zero-order valence-electron chi connectivity index (χ0n) is 15.4. The molecule has 3 rings (SSSR count). The molecule has 0 atom stereocenters. The monoisotopic (exact) mass is 410 g/mol. The fraction of sp³-hybridized carbons (Fsp3) is 0.421. The van der Waals surface area contributed by atoms with Crippen molar-refractivity contribution in [2.75, 3.05) is 26.2 Å². The molecule has 27 heavy (non-hydrogen) atoms. The van der Waals surface area contributed by atoms with Gasteiger partial charge in [0.15, 0.2) is 0 Å². The Hall–Kier alpha value is -1.77. The number of aryl methyl sites for hydroxylation is 3. The van der Waals surface area contributed by atoms with Gasteiger partial charge in [0.05, 0.1) is 4.90 Å². The molecular weight excluding hydrogens is 387 g/mol. The van der Waals surface area contributed by atoms with Gasteiger partial charge < -0.3 is 4.90 Å². The first-order valence-corrected chi connectivity index (χ1v) is 11.1. The maximum atomic E-state index is 13.7. The fourth-order valence-electron chi connectivity index (χ4n) is 3.28. The highest BCUT2D eigenvalue weighted by atomic mass is 32.2. The normalized spacial score (nSPS) is 15.9. The van der Waals surface area contributed by atoms with Crippen molar-refractivity contribution in [3.8, 4) is 0 Å². The van der Waals surface area contributed by atoms with E-state index in [1.54, 1.807) is 29.2 Å². The predicted octanol–water partition coefficient (Wildman–Crippen LogP) is 2.97. The highest BCUT2D eigenvalue weighted by molar-refractivity contribution is 7.89. The molecule has 1 saturated heterocycles. The average molecular weight is 411 g/mol. The van der Waals surface area contributed by atoms with E-state index in [9.17, 15) is 17.6 Å². The Labute approximate surface area is 163 Å². The van der Waals surface area contributed by atoms with Crippen LogP contribution in [0.15, 0.2) is 35.2 Å². The standard InChI is InChI=1S/C19H23FN2O3S2/c1-14-13-18(15(2)26-14)27(24,25)22-11-9-21(10-12-22)19(23)8-7-16-5-3-4-6-17(16)20/h3-6,13H,7-12H2,1-2H3. The first-order chi connectivity index (χ1) is 12.8. The fourth-order valence-corrected chi connectivity index (χ4v) is 6.23. The molecule has 1 fully saturated rings. The van der Waals surface area contributed by atoms with Crippen molar-refractivity contribution in [2.24, 2.45) is 0 Å². The molecular formula is C19H23FN2O3S2. The summed E-state index contributed by atoms with van der Waals surface area (Å²) in [6, 6.07) is 8.15. The van der Waals surface area contributed by atoms with Gasteiger partial charge in [0, 0.05) is 42.4 Å². The van der Waals surface area contributed by atoms with Gasteiger partial charge >= 0.3 is 0 Å². The summed E-state index contributed by atoms with van der Waals surface area (Å²) < 4.78 is 40.8. The molecule has 5 nitrogen and oxygen atoms in total. The summed E-state index contributed by atoms with van der Waals surface area (Å²) in [7, 11) is -3.53. The van der Waals surface area contributed by atoms with Crippen LogP contribution in [0, 0.1) is 19.7 Å². The number of carbonyl (C=O) groups is 1. The van der Waals surface area contributed by atoms with E-state index in [2.05, 4.69) is 0 Å². The number of benzene rings is 1. The zero-order valence-corrected chi connectivity index (χ0v) is 17.1. The van der Waals surface area contributed by atoms with Crippen LogP contribution < -0.4 is 0 Å². The van der Waals surface area contributed by atoms with Crippen LogP contribution in [0.3, 0.4) is 0 Å². The molecule has 2 aromatic rings. The van der Waals surface area contributed by atoms with Crippen molar-refractivity contribution in [1.82, 2.24) is 9.21 Å². The Morgan fingerprint density at radius 1 is 1.15 bits per heavy atom. The van der Waals surface area contributed by atoms with Crippen LogP contribution in [0.25, 0.3) is 0 Å². The van der Waals surface area contributed by atoms with Crippen LogP contribution in [-0.2, 0) is 21.2 Å². The minimum Gasteiger partial charge on any atom is -0.340 e. The van der Waals surface area contributed by atoms with Crippen LogP contribution in [0.5, 0.6) is 0 Å². The summed E-state index contributed by atoms with van der Waals surface area (Å²) in [5.74, 6) is -0.375. The lowest BCUT2D eigenvalue weighted by Crippen LogP contribution is -2.50. The third-order valence-corrected chi connectivity index (χ3v) is 7.89. The lowest BCUT2D eigenvalue weighted by Gasteiger charge is -2.34. The quantitative estimate of drug-likeness (QED) is 0.762. The number of thiophene rings is 1. The molecule has 0 unspecified atom stereocenters. The average Bonchev–Trinajstić information content (AvgIpc) is 3.00. The second-order valence-corrected chi connectivity index (χ2v) is 10.0. The Kier molecular flexibility index (Phi) is 5.98. The van der Waals surface area contributed by atoms with Gasteiger partial charge in [0.25, 0.3) is 0 Å². The molecule has 0 bridgehead atoms. The molecule has 8 heteroatoms. The van der Waals surface area contributed by atoms with Gasteiger partial charge in [0.2, 0.25) is 15.9 Å². The molecule has 1 amide bonds. The van der Waals surface area contributed by atoms with Crippen LogP contribution >= 0.6 is 11.3 Å². The highest BCUT2D eigenvalue weighted by Gasteiger charge is 2.31. The number of hydrogen-bond donors (Lipinski definition) is 0. The third-order valence-electron chi connectivity index (χ3n) is 4.77. The summed E-state index contributed by atoms with van der Waals surface area (Å²) in [5.41, 5.74) is 0.523. The highest BCUT2D eigenvalue weighted by Crippen LogP contribution is 2.28. The topological polar surface area (TPSA) is 57.7 Å². The number of nitrogens with zero attached hydrogens (tertiary/aromatic N) is 2. The van der Waals surface area contributed by atoms with Crippen molar-refractivity contribution in [3.63, 3.8) is 0 Å². The van der Waals surface area contributed by atoms with Gasteiger partial charge in [-0.25, -0.2) is 12.8 Å². The number of carbonyl (C=O) groups excluding carboxylic acids is 1. The smallest absolute Gasteiger partial charge is 0.244 e. The number of halogens is 1. The van der Waals surface area contributed by atoms with E-state index in [0.29, 0.717) is 30.0 Å². The first kappa shape index (κ1) is 20.0. The largest absolute Gasteiger partial charge is 0.340 e. The molecule has 0 spiro atoms. The molecule has 1 aliphatic heterocycles. The second kappa shape index (κ2) is 8.08. The lowest BCUT2D eigenvalue weighted by atomic mass is 10.1. The summed E-state index contributed by atoms with van der Waals surface area (Å²) >= 11 is 1.47. The van der Waals surface area contributed by atoms with Crippen LogP contribution in [0.4, 0.5) is 4.39 Å². The number of hydrogen-bond acceptors (Lipinski definition) is 4. The van der Waals surface area contributed by atoms with Crippen molar-refractivity contribution in [3.05, 3.63) is 51.5 Å². The van der Waals surface area contributed by atoms with Gasteiger partial charge in [-0.15, -0.1) is 11.3 Å². The van der Waals surface area contributed by atoms with Crippen LogP contribution in [0.1, 0.15) is 21.7 Å². The van der Waals surface area contributed by atoms with E-state index in [-0.39, 0.29) is 31.2 Å². The number of rotatable bonds is 5. The predicted molar refractivity (Wildman–Crippen MR) is 104 cm³/mol. The van der Waals surface area contributed by atoms with Crippen molar-refractivity contribution in [2.45, 2.75) is 31.6 Å². The van der Waals surface area contributed by atoms with Crippen LogP contribution in [0.2, 0.25) is 0 Å². The summed E-state index contributed by atoms with van der Waals surface area (Å²) in [4.78, 5) is 16.2. The Balaban J connectivity index is 1.57. The van der Waals surface area contributed by atoms with Crippen molar-refractivity contribution < 1.29 is 17.6 Å². The van der Waals surface area contributed by atoms with E-state index in [1.165, 1.54) is 21.7 Å². The third kappa shape index (κ3) is 4.39. The molecule has 146 valence electrons. The van der Waals surface area contributed by atoms with Gasteiger partial charge in [-0.3, -0.25) is 4.79 Å². The number of amides is 1. The van der Waals surface area contributed by atoms with Crippen LogP contribution in [-0.4, -0.2) is 49.7 Å². The van der Waals surface area contributed by atoms with Gasteiger partial charge in [-0.2, -0.15) is 4.31 Å². The summed E-state index contributed by atoms with van der Waals surface area (Å²) in [6.45, 7) is 4.98. The van der Waals surface area contributed by atoms with E-state index in [0.717, 1.165) is 9.75 Å². The van der Waals surface area contributed by atoms with Gasteiger partial charge in [-0.05, 0) is 38.0 Å². The molecule has 0 saturated carbocycles. The van der Waals surface area contributed by atoms with E-state index in [4.69, 9.17) is 0 Å². The summed E-state index contributed by atoms with van der Waals surface area (Å²) in [6.07, 6.45) is 0.563. The first-order valence-electron chi connectivity index (χ1n) is 8.87. The summed E-state index contributed by atoms with van der Waals surface area (Å²) in [5, 5.41) is 0. The minimum atomic E-state index is -3.53. The second-order valence-electron chi connectivity index (χ2n) is 6.65. The Morgan fingerprint density at radius 2 is 1.81 bits per heavy atom. The van der Waals surface area contributed by atoms with Crippen molar-refractivity contribution in [1.29, 1.82) is 0 Å². The Morgan fingerprint density at radius 3 is 2.41 bits per heavy atom.